The Kier molecular flexibility index (Phi) is 10.0. The number of likely N-dealkylation sites (N-methyl/N-ethyl adjacent to an activating group) is 1. The van der Waals surface area contributed by atoms with Gasteiger partial charge in [0.25, 0.3) is 0 Å². The van der Waals surface area contributed by atoms with E-state index in [-0.39, 0.29) is 18.1 Å². The van der Waals surface area contributed by atoms with Crippen molar-refractivity contribution in [2.75, 3.05) is 38.0 Å². The Morgan fingerprint density at radius 2 is 1.62 bits per heavy atom. The SMILES string of the molecule is CCNC(=O)C(CC)N(CCc1ccccc1)C(=O)CN(c1ccc(F)cc1)S(=O)(=O)N(C)C. The number of halogens is 1. The number of hydrogen-bond donors (Lipinski definition) is 1. The first-order valence-electron chi connectivity index (χ1n) is 11.2. The third kappa shape index (κ3) is 7.01. The van der Waals surface area contributed by atoms with Crippen LogP contribution in [0, 0.1) is 5.82 Å². The second-order valence-electron chi connectivity index (χ2n) is 7.91. The van der Waals surface area contributed by atoms with E-state index in [4.69, 9.17) is 0 Å². The summed E-state index contributed by atoms with van der Waals surface area (Å²) in [5, 5.41) is 2.76. The molecule has 2 aromatic rings. The fraction of sp³-hybridized carbons (Fsp3) is 0.417. The molecule has 0 aliphatic heterocycles. The Morgan fingerprint density at radius 3 is 2.15 bits per heavy atom. The monoisotopic (exact) mass is 492 g/mol. The molecule has 1 N–H and O–H groups in total. The van der Waals surface area contributed by atoms with Gasteiger partial charge in [-0.3, -0.25) is 9.59 Å². The lowest BCUT2D eigenvalue weighted by molar-refractivity contribution is -0.139. The standard InChI is InChI=1S/C24H33FN4O4S/c1-5-22(24(31)26-6-2)28(17-16-19-10-8-7-9-11-19)23(30)18-29(34(32,33)27(3)4)21-14-12-20(25)13-15-21/h7-15,22H,5-6,16-18H2,1-4H3,(H,26,31). The highest BCUT2D eigenvalue weighted by molar-refractivity contribution is 7.90. The molecule has 0 bridgehead atoms. The van der Waals surface area contributed by atoms with Gasteiger partial charge in [0.2, 0.25) is 11.8 Å². The maximum absolute atomic E-state index is 13.5. The summed E-state index contributed by atoms with van der Waals surface area (Å²) in [6, 6.07) is 13.6. The summed E-state index contributed by atoms with van der Waals surface area (Å²) in [6.07, 6.45) is 0.864. The predicted octanol–water partition coefficient (Wildman–Crippen LogP) is 2.42. The van der Waals surface area contributed by atoms with E-state index >= 15 is 0 Å². The zero-order valence-corrected chi connectivity index (χ0v) is 20.9. The Morgan fingerprint density at radius 1 is 1.00 bits per heavy atom. The Hall–Kier alpha value is -2.98. The first-order chi connectivity index (χ1) is 16.1. The van der Waals surface area contributed by atoms with Crippen molar-refractivity contribution in [2.45, 2.75) is 32.7 Å². The van der Waals surface area contributed by atoms with E-state index in [2.05, 4.69) is 5.32 Å². The lowest BCUT2D eigenvalue weighted by Crippen LogP contribution is -2.54. The molecule has 34 heavy (non-hydrogen) atoms. The van der Waals surface area contributed by atoms with Gasteiger partial charge < -0.3 is 10.2 Å². The number of carbonyl (C=O) groups is 2. The highest BCUT2D eigenvalue weighted by Gasteiger charge is 2.33. The summed E-state index contributed by atoms with van der Waals surface area (Å²) in [6.45, 7) is 3.71. The number of rotatable bonds is 12. The molecular formula is C24H33FN4O4S. The van der Waals surface area contributed by atoms with Gasteiger partial charge in [0, 0.05) is 27.2 Å². The van der Waals surface area contributed by atoms with Crippen molar-refractivity contribution in [3.05, 3.63) is 66.0 Å². The molecule has 2 aromatic carbocycles. The molecule has 186 valence electrons. The van der Waals surface area contributed by atoms with Crippen LogP contribution in [0.15, 0.2) is 54.6 Å². The molecule has 10 heteroatoms. The molecule has 0 aliphatic rings. The molecule has 0 aromatic heterocycles. The first-order valence-corrected chi connectivity index (χ1v) is 12.6. The van der Waals surface area contributed by atoms with Crippen LogP contribution >= 0.6 is 0 Å². The largest absolute Gasteiger partial charge is 0.355 e. The summed E-state index contributed by atoms with van der Waals surface area (Å²) >= 11 is 0. The highest BCUT2D eigenvalue weighted by atomic mass is 32.2. The van der Waals surface area contributed by atoms with Crippen molar-refractivity contribution in [3.8, 4) is 0 Å². The quantitative estimate of drug-likeness (QED) is 0.493. The number of anilines is 1. The van der Waals surface area contributed by atoms with Gasteiger partial charge in [-0.1, -0.05) is 37.3 Å². The van der Waals surface area contributed by atoms with Gasteiger partial charge in [-0.25, -0.2) is 8.70 Å². The Balaban J connectivity index is 2.40. The van der Waals surface area contributed by atoms with Crippen molar-refractivity contribution in [2.24, 2.45) is 0 Å². The van der Waals surface area contributed by atoms with Crippen LogP contribution in [0.5, 0.6) is 0 Å². The minimum atomic E-state index is -4.07. The normalized spacial score (nSPS) is 12.3. The van der Waals surface area contributed by atoms with E-state index in [1.54, 1.807) is 13.8 Å². The van der Waals surface area contributed by atoms with Crippen LogP contribution in [-0.4, -0.2) is 69.2 Å². The molecule has 8 nitrogen and oxygen atoms in total. The maximum Gasteiger partial charge on any atom is 0.304 e. The zero-order valence-electron chi connectivity index (χ0n) is 20.1. The second-order valence-corrected chi connectivity index (χ2v) is 9.98. The van der Waals surface area contributed by atoms with Gasteiger partial charge in [0.1, 0.15) is 18.4 Å². The summed E-state index contributed by atoms with van der Waals surface area (Å²) in [5.41, 5.74) is 1.14. The van der Waals surface area contributed by atoms with Crippen molar-refractivity contribution in [1.82, 2.24) is 14.5 Å². The second kappa shape index (κ2) is 12.5. The van der Waals surface area contributed by atoms with E-state index < -0.39 is 34.5 Å². The molecule has 2 amide bonds. The molecule has 0 radical (unpaired) electrons. The minimum Gasteiger partial charge on any atom is -0.355 e. The topological polar surface area (TPSA) is 90.0 Å². The minimum absolute atomic E-state index is 0.150. The molecule has 0 fully saturated rings. The van der Waals surface area contributed by atoms with E-state index in [0.717, 1.165) is 26.3 Å². The molecule has 0 saturated carbocycles. The van der Waals surface area contributed by atoms with Gasteiger partial charge in [-0.15, -0.1) is 0 Å². The molecule has 1 atom stereocenters. The zero-order chi connectivity index (χ0) is 25.3. The third-order valence-electron chi connectivity index (χ3n) is 5.35. The number of amides is 2. The van der Waals surface area contributed by atoms with Gasteiger partial charge in [-0.05, 0) is 49.6 Å². The predicted molar refractivity (Wildman–Crippen MR) is 131 cm³/mol. The summed E-state index contributed by atoms with van der Waals surface area (Å²) in [4.78, 5) is 27.7. The van der Waals surface area contributed by atoms with Crippen LogP contribution in [0.4, 0.5) is 10.1 Å². The van der Waals surface area contributed by atoms with Crippen LogP contribution in [0.25, 0.3) is 0 Å². The van der Waals surface area contributed by atoms with E-state index in [1.807, 2.05) is 30.3 Å². The summed E-state index contributed by atoms with van der Waals surface area (Å²) in [5.74, 6) is -1.34. The average molecular weight is 493 g/mol. The number of benzene rings is 2. The maximum atomic E-state index is 13.5. The molecule has 0 spiro atoms. The lowest BCUT2D eigenvalue weighted by atomic mass is 10.1. The molecule has 1 unspecified atom stereocenters. The highest BCUT2D eigenvalue weighted by Crippen LogP contribution is 2.21. The van der Waals surface area contributed by atoms with E-state index in [0.29, 0.717) is 19.4 Å². The van der Waals surface area contributed by atoms with Crippen molar-refractivity contribution in [3.63, 3.8) is 0 Å². The van der Waals surface area contributed by atoms with Crippen LogP contribution in [0.1, 0.15) is 25.8 Å². The van der Waals surface area contributed by atoms with E-state index in [9.17, 15) is 22.4 Å². The summed E-state index contributed by atoms with van der Waals surface area (Å²) < 4.78 is 41.5. The van der Waals surface area contributed by atoms with Gasteiger partial charge in [0.05, 0.1) is 5.69 Å². The molecule has 0 heterocycles. The fourth-order valence-corrected chi connectivity index (χ4v) is 4.57. The number of hydrogen-bond acceptors (Lipinski definition) is 4. The lowest BCUT2D eigenvalue weighted by Gasteiger charge is -2.33. The molecule has 2 rings (SSSR count). The van der Waals surface area contributed by atoms with E-state index in [1.165, 1.54) is 31.1 Å². The number of nitrogens with zero attached hydrogens (tertiary/aromatic N) is 3. The van der Waals surface area contributed by atoms with Crippen LogP contribution in [-0.2, 0) is 26.2 Å². The Labute approximate surface area is 201 Å². The van der Waals surface area contributed by atoms with Crippen LogP contribution in [0.3, 0.4) is 0 Å². The van der Waals surface area contributed by atoms with Crippen molar-refractivity contribution < 1.29 is 22.4 Å². The van der Waals surface area contributed by atoms with Crippen molar-refractivity contribution >= 4 is 27.7 Å². The number of nitrogens with one attached hydrogen (secondary N) is 1. The van der Waals surface area contributed by atoms with Crippen molar-refractivity contribution in [1.29, 1.82) is 0 Å². The van der Waals surface area contributed by atoms with Crippen LogP contribution in [0.2, 0.25) is 0 Å². The average Bonchev–Trinajstić information content (AvgIpc) is 2.81. The number of carbonyl (C=O) groups excluding carboxylic acids is 2. The molecule has 0 saturated heterocycles. The smallest absolute Gasteiger partial charge is 0.304 e. The summed E-state index contributed by atoms with van der Waals surface area (Å²) in [7, 11) is -1.36. The third-order valence-corrected chi connectivity index (χ3v) is 7.17. The Bertz CT molecular complexity index is 1050. The van der Waals surface area contributed by atoms with Crippen LogP contribution < -0.4 is 9.62 Å². The van der Waals surface area contributed by atoms with Gasteiger partial charge in [-0.2, -0.15) is 12.7 Å². The van der Waals surface area contributed by atoms with Gasteiger partial charge in [0.15, 0.2) is 0 Å². The van der Waals surface area contributed by atoms with Gasteiger partial charge >= 0.3 is 10.2 Å². The fourth-order valence-electron chi connectivity index (χ4n) is 3.51. The first kappa shape index (κ1) is 27.3. The molecular weight excluding hydrogens is 459 g/mol. The molecule has 0 aliphatic carbocycles.